The molecule has 9 heteroatoms. The van der Waals surface area contributed by atoms with E-state index in [0.29, 0.717) is 17.9 Å². The molecule has 0 aliphatic carbocycles. The first kappa shape index (κ1) is 22.5. The molecule has 2 aromatic heterocycles. The molecule has 3 saturated heterocycles. The number of aliphatic hydroxyl groups is 1. The highest BCUT2D eigenvalue weighted by Gasteiger charge is 2.25. The molecule has 3 aliphatic rings. The topological polar surface area (TPSA) is 59.0 Å². The zero-order valence-corrected chi connectivity index (χ0v) is 19.7. The summed E-state index contributed by atoms with van der Waals surface area (Å²) in [4.78, 5) is 18.7. The van der Waals surface area contributed by atoms with Gasteiger partial charge in [-0.1, -0.05) is 11.6 Å². The van der Waals surface area contributed by atoms with Crippen molar-refractivity contribution in [2.24, 2.45) is 0 Å². The Labute approximate surface area is 199 Å². The van der Waals surface area contributed by atoms with Crippen LogP contribution in [-0.4, -0.2) is 73.6 Å². The van der Waals surface area contributed by atoms with Crippen LogP contribution in [0.2, 0.25) is 5.02 Å². The number of hydrogen-bond donors (Lipinski definition) is 1. The molecular formula is C24H32ClFN6O. The maximum Gasteiger partial charge on any atom is 0.147 e. The van der Waals surface area contributed by atoms with Crippen molar-refractivity contribution in [1.29, 1.82) is 0 Å². The Morgan fingerprint density at radius 3 is 2.06 bits per heavy atom. The lowest BCUT2D eigenvalue weighted by Crippen LogP contribution is -2.47. The van der Waals surface area contributed by atoms with Gasteiger partial charge in [-0.05, 0) is 37.3 Å². The number of nitrogens with zero attached hydrogens (tertiary/aromatic N) is 6. The molecule has 7 nitrogen and oxygen atoms in total. The monoisotopic (exact) mass is 474 g/mol. The van der Waals surface area contributed by atoms with Crippen molar-refractivity contribution in [3.05, 3.63) is 35.0 Å². The van der Waals surface area contributed by atoms with Crippen LogP contribution in [0.4, 0.5) is 27.5 Å². The Morgan fingerprint density at radius 2 is 1.45 bits per heavy atom. The van der Waals surface area contributed by atoms with Gasteiger partial charge in [-0.3, -0.25) is 0 Å². The number of anilines is 4. The summed E-state index contributed by atoms with van der Waals surface area (Å²) in [7, 11) is 0. The van der Waals surface area contributed by atoms with Crippen LogP contribution in [0.15, 0.2) is 24.4 Å². The molecule has 3 fully saturated rings. The van der Waals surface area contributed by atoms with Crippen LogP contribution in [0.25, 0.3) is 0 Å². The summed E-state index contributed by atoms with van der Waals surface area (Å²) in [5, 5.41) is 9.88. The minimum absolute atomic E-state index is 0.0643. The Balaban J connectivity index is 1.34. The third-order valence-corrected chi connectivity index (χ3v) is 7.25. The molecule has 1 N–H and O–H groups in total. The highest BCUT2D eigenvalue weighted by atomic mass is 35.5. The lowest BCUT2D eigenvalue weighted by molar-refractivity contribution is 0.277. The number of halogens is 2. The van der Waals surface area contributed by atoms with Crippen molar-refractivity contribution in [1.82, 2.24) is 9.97 Å². The van der Waals surface area contributed by atoms with Crippen molar-refractivity contribution < 1.29 is 9.50 Å². The average Bonchev–Trinajstić information content (AvgIpc) is 3.39. The molecule has 5 heterocycles. The van der Waals surface area contributed by atoms with E-state index in [-0.39, 0.29) is 6.61 Å². The van der Waals surface area contributed by atoms with Crippen molar-refractivity contribution in [2.75, 3.05) is 72.0 Å². The first-order valence-corrected chi connectivity index (χ1v) is 12.4. The van der Waals surface area contributed by atoms with Gasteiger partial charge >= 0.3 is 0 Å². The SMILES string of the molecule is OCc1cnc(N2CCN(c3cc(N4CCC(F)CC4)cc(N4CCCC4)n3)CC2)c(Cl)c1. The van der Waals surface area contributed by atoms with Gasteiger partial charge in [0.15, 0.2) is 0 Å². The Hall–Kier alpha value is -2.32. The summed E-state index contributed by atoms with van der Waals surface area (Å²) in [5.74, 6) is 2.79. The second-order valence-electron chi connectivity index (χ2n) is 9.18. The van der Waals surface area contributed by atoms with Gasteiger partial charge < -0.3 is 24.7 Å². The van der Waals surface area contributed by atoms with E-state index in [9.17, 15) is 9.50 Å². The molecule has 0 radical (unpaired) electrons. The lowest BCUT2D eigenvalue weighted by atomic mass is 10.1. The zero-order chi connectivity index (χ0) is 22.8. The van der Waals surface area contributed by atoms with Crippen LogP contribution >= 0.6 is 11.6 Å². The Morgan fingerprint density at radius 1 is 0.848 bits per heavy atom. The third kappa shape index (κ3) is 4.96. The Bertz CT molecular complexity index is 956. The molecule has 0 spiro atoms. The second kappa shape index (κ2) is 9.89. The average molecular weight is 475 g/mol. The van der Waals surface area contributed by atoms with E-state index < -0.39 is 6.17 Å². The van der Waals surface area contributed by atoms with Crippen LogP contribution in [0.3, 0.4) is 0 Å². The van der Waals surface area contributed by atoms with Crippen molar-refractivity contribution in [2.45, 2.75) is 38.5 Å². The van der Waals surface area contributed by atoms with Gasteiger partial charge in [-0.2, -0.15) is 0 Å². The predicted octanol–water partition coefficient (Wildman–Crippen LogP) is 3.49. The fraction of sp³-hybridized carbons (Fsp3) is 0.583. The highest BCUT2D eigenvalue weighted by Crippen LogP contribution is 2.32. The molecule has 178 valence electrons. The molecule has 2 aromatic rings. The number of pyridine rings is 2. The number of aliphatic hydroxyl groups excluding tert-OH is 1. The predicted molar refractivity (Wildman–Crippen MR) is 132 cm³/mol. The van der Waals surface area contributed by atoms with Gasteiger partial charge in [0.2, 0.25) is 0 Å². The van der Waals surface area contributed by atoms with Crippen molar-refractivity contribution in [3.8, 4) is 0 Å². The van der Waals surface area contributed by atoms with Gasteiger partial charge in [0.1, 0.15) is 23.6 Å². The summed E-state index contributed by atoms with van der Waals surface area (Å²) < 4.78 is 13.7. The summed E-state index contributed by atoms with van der Waals surface area (Å²) in [5.41, 5.74) is 1.87. The van der Waals surface area contributed by atoms with E-state index in [0.717, 1.165) is 81.1 Å². The molecule has 0 atom stereocenters. The molecule has 0 amide bonds. The highest BCUT2D eigenvalue weighted by molar-refractivity contribution is 6.33. The van der Waals surface area contributed by atoms with Crippen LogP contribution < -0.4 is 19.6 Å². The number of alkyl halides is 1. The number of piperazine rings is 1. The molecule has 3 aliphatic heterocycles. The third-order valence-electron chi connectivity index (χ3n) is 6.97. The first-order chi connectivity index (χ1) is 16.1. The zero-order valence-electron chi connectivity index (χ0n) is 19.0. The molecule has 33 heavy (non-hydrogen) atoms. The van der Waals surface area contributed by atoms with E-state index in [4.69, 9.17) is 16.6 Å². The van der Waals surface area contributed by atoms with E-state index in [1.165, 1.54) is 12.8 Å². The quantitative estimate of drug-likeness (QED) is 0.711. The van der Waals surface area contributed by atoms with Crippen molar-refractivity contribution in [3.63, 3.8) is 0 Å². The van der Waals surface area contributed by atoms with Crippen molar-refractivity contribution >= 4 is 34.7 Å². The summed E-state index contributed by atoms with van der Waals surface area (Å²) >= 11 is 6.43. The molecule has 0 bridgehead atoms. The first-order valence-electron chi connectivity index (χ1n) is 12.0. The van der Waals surface area contributed by atoms with Crippen LogP contribution in [0.1, 0.15) is 31.2 Å². The molecule has 0 aromatic carbocycles. The normalized spacial score (nSPS) is 20.1. The number of rotatable bonds is 5. The van der Waals surface area contributed by atoms with Gasteiger partial charge in [0, 0.05) is 76.4 Å². The second-order valence-corrected chi connectivity index (χ2v) is 9.59. The maximum atomic E-state index is 13.7. The largest absolute Gasteiger partial charge is 0.392 e. The van der Waals surface area contributed by atoms with Gasteiger partial charge in [-0.15, -0.1) is 0 Å². The minimum Gasteiger partial charge on any atom is -0.392 e. The maximum absolute atomic E-state index is 13.7. The van der Waals surface area contributed by atoms with E-state index >= 15 is 0 Å². The van der Waals surface area contributed by atoms with Gasteiger partial charge in [-0.25, -0.2) is 14.4 Å². The molecule has 0 unspecified atom stereocenters. The van der Waals surface area contributed by atoms with E-state index in [1.54, 1.807) is 12.3 Å². The van der Waals surface area contributed by atoms with E-state index in [1.807, 2.05) is 0 Å². The standard InChI is InChI=1S/C24H32ClFN6O/c25-21-13-18(17-33)16-27-24(21)32-11-9-31(10-12-32)23-15-20(29-7-3-19(26)4-8-29)14-22(28-23)30-5-1-2-6-30/h13-16,19,33H,1-12,17H2. The fourth-order valence-corrected chi connectivity index (χ4v) is 5.29. The fourth-order valence-electron chi connectivity index (χ4n) is 4.98. The van der Waals surface area contributed by atoms with E-state index in [2.05, 4.69) is 36.7 Å². The molecular weight excluding hydrogens is 443 g/mol. The van der Waals surface area contributed by atoms with Crippen LogP contribution in [-0.2, 0) is 6.61 Å². The van der Waals surface area contributed by atoms with Crippen LogP contribution in [0.5, 0.6) is 0 Å². The summed E-state index contributed by atoms with van der Waals surface area (Å²) in [6.07, 6.45) is 4.60. The number of piperidine rings is 1. The molecule has 5 rings (SSSR count). The van der Waals surface area contributed by atoms with Crippen LogP contribution in [0, 0.1) is 0 Å². The Kier molecular flexibility index (Phi) is 6.74. The van der Waals surface area contributed by atoms with Gasteiger partial charge in [0.25, 0.3) is 0 Å². The lowest BCUT2D eigenvalue weighted by Gasteiger charge is -2.37. The summed E-state index contributed by atoms with van der Waals surface area (Å²) in [6.45, 7) is 6.77. The minimum atomic E-state index is -0.680. The smallest absolute Gasteiger partial charge is 0.147 e. The number of aromatic nitrogens is 2. The molecule has 0 saturated carbocycles. The summed E-state index contributed by atoms with van der Waals surface area (Å²) in [6, 6.07) is 6.15. The van der Waals surface area contributed by atoms with Gasteiger partial charge in [0.05, 0.1) is 11.6 Å². The number of hydrogen-bond acceptors (Lipinski definition) is 7.